The molecule has 0 spiro atoms. The third-order valence-electron chi connectivity index (χ3n) is 5.15. The van der Waals surface area contributed by atoms with Gasteiger partial charge in [0.15, 0.2) is 5.82 Å². The fourth-order valence-corrected chi connectivity index (χ4v) is 4.15. The van der Waals surface area contributed by atoms with E-state index < -0.39 is 11.7 Å². The van der Waals surface area contributed by atoms with Crippen molar-refractivity contribution in [2.45, 2.75) is 39.3 Å². The molecule has 2 aromatic carbocycles. The Kier molecular flexibility index (Phi) is 6.64. The summed E-state index contributed by atoms with van der Waals surface area (Å²) < 4.78 is 38.7. The Labute approximate surface area is 199 Å². The predicted molar refractivity (Wildman–Crippen MR) is 126 cm³/mol. The highest BCUT2D eigenvalue weighted by Gasteiger charge is 2.30. The van der Waals surface area contributed by atoms with Gasteiger partial charge in [-0.1, -0.05) is 43.1 Å². The van der Waals surface area contributed by atoms with Crippen LogP contribution in [0.5, 0.6) is 0 Å². The quantitative estimate of drug-likeness (QED) is 0.385. The summed E-state index contributed by atoms with van der Waals surface area (Å²) in [5, 5.41) is 4.26. The van der Waals surface area contributed by atoms with Gasteiger partial charge >= 0.3 is 6.18 Å². The number of aliphatic imine (C=N–C) groups is 1. The Hall–Kier alpha value is -2.64. The van der Waals surface area contributed by atoms with E-state index in [9.17, 15) is 13.2 Å². The Morgan fingerprint density at radius 1 is 1.00 bits per heavy atom. The molecule has 0 bridgehead atoms. The number of nitrogens with zero attached hydrogens (tertiary/aromatic N) is 3. The van der Waals surface area contributed by atoms with Crippen LogP contribution < -0.4 is 5.32 Å². The van der Waals surface area contributed by atoms with E-state index in [1.807, 2.05) is 0 Å². The normalized spacial score (nSPS) is 13.3. The third kappa shape index (κ3) is 5.47. The van der Waals surface area contributed by atoms with Crippen molar-refractivity contribution in [3.05, 3.63) is 75.2 Å². The van der Waals surface area contributed by atoms with Crippen molar-refractivity contribution in [3.8, 4) is 0 Å². The van der Waals surface area contributed by atoms with Crippen LogP contribution in [0.15, 0.2) is 47.5 Å². The second-order valence-electron chi connectivity index (χ2n) is 8.31. The van der Waals surface area contributed by atoms with E-state index >= 15 is 0 Å². The molecule has 2 heterocycles. The maximum absolute atomic E-state index is 12.9. The molecule has 0 amide bonds. The van der Waals surface area contributed by atoms with Crippen molar-refractivity contribution in [2.75, 3.05) is 5.32 Å². The number of aromatic nitrogens is 2. The molecule has 0 aliphatic carbocycles. The molecule has 4 rings (SSSR count). The fraction of sp³-hybridized carbons (Fsp3) is 0.292. The molecule has 3 aromatic rings. The summed E-state index contributed by atoms with van der Waals surface area (Å²) in [5.74, 6) is 1.46. The Balaban J connectivity index is 1.66. The molecule has 0 atom stereocenters. The first kappa shape index (κ1) is 23.5. The van der Waals surface area contributed by atoms with Crippen molar-refractivity contribution < 1.29 is 13.2 Å². The number of halogens is 5. The number of rotatable bonds is 6. The van der Waals surface area contributed by atoms with Gasteiger partial charge in [-0.3, -0.25) is 4.99 Å². The molecular formula is C24H21Cl2F3N4. The largest absolute Gasteiger partial charge is 0.416 e. The zero-order valence-electron chi connectivity index (χ0n) is 18.0. The number of alkyl halides is 3. The van der Waals surface area contributed by atoms with Crippen molar-refractivity contribution in [1.29, 1.82) is 0 Å². The summed E-state index contributed by atoms with van der Waals surface area (Å²) >= 11 is 12.7. The summed E-state index contributed by atoms with van der Waals surface area (Å²) in [5.41, 5.74) is 2.76. The van der Waals surface area contributed by atoms with E-state index in [-0.39, 0.29) is 0 Å². The maximum Gasteiger partial charge on any atom is 0.416 e. The highest BCUT2D eigenvalue weighted by atomic mass is 35.5. The van der Waals surface area contributed by atoms with Crippen LogP contribution in [0.25, 0.3) is 0 Å². The molecule has 0 fully saturated rings. The number of nitrogens with one attached hydrogen (secondary N) is 1. The highest BCUT2D eigenvalue weighted by molar-refractivity contribution is 6.36. The lowest BCUT2D eigenvalue weighted by molar-refractivity contribution is -0.137. The lowest BCUT2D eigenvalue weighted by atomic mass is 10.1. The number of benzene rings is 2. The smallest absolute Gasteiger partial charge is 0.338 e. The Bertz CT molecular complexity index is 1190. The number of hydrogen-bond acceptors (Lipinski definition) is 4. The van der Waals surface area contributed by atoms with Crippen LogP contribution in [0.1, 0.15) is 36.5 Å². The first-order valence-electron chi connectivity index (χ1n) is 10.4. The van der Waals surface area contributed by atoms with Gasteiger partial charge in [0.25, 0.3) is 0 Å². The highest BCUT2D eigenvalue weighted by Crippen LogP contribution is 2.37. The number of fused-ring (bicyclic) bond motifs is 1. The molecule has 1 N–H and O–H groups in total. The molecule has 0 saturated heterocycles. The van der Waals surface area contributed by atoms with Crippen molar-refractivity contribution in [3.63, 3.8) is 0 Å². The number of hydrogen-bond donors (Lipinski definition) is 1. The molecule has 33 heavy (non-hydrogen) atoms. The van der Waals surface area contributed by atoms with Gasteiger partial charge in [0.05, 0.1) is 11.3 Å². The molecule has 9 heteroatoms. The topological polar surface area (TPSA) is 50.2 Å². The van der Waals surface area contributed by atoms with Crippen molar-refractivity contribution in [1.82, 2.24) is 9.97 Å². The number of anilines is 2. The van der Waals surface area contributed by atoms with Crippen molar-refractivity contribution >= 4 is 46.1 Å². The first-order valence-corrected chi connectivity index (χ1v) is 11.2. The van der Waals surface area contributed by atoms with Crippen LogP contribution in [0.2, 0.25) is 10.0 Å². The second-order valence-corrected chi connectivity index (χ2v) is 9.13. The summed E-state index contributed by atoms with van der Waals surface area (Å²) in [6, 6.07) is 10.2. The van der Waals surface area contributed by atoms with E-state index in [1.54, 1.807) is 18.2 Å². The van der Waals surface area contributed by atoms with E-state index in [4.69, 9.17) is 33.2 Å². The lowest BCUT2D eigenvalue weighted by Gasteiger charge is -2.13. The van der Waals surface area contributed by atoms with E-state index in [0.717, 1.165) is 29.1 Å². The van der Waals surface area contributed by atoms with Gasteiger partial charge < -0.3 is 5.32 Å². The summed E-state index contributed by atoms with van der Waals surface area (Å²) in [7, 11) is 0. The van der Waals surface area contributed by atoms with Gasteiger partial charge in [-0.15, -0.1) is 0 Å². The lowest BCUT2D eigenvalue weighted by Crippen LogP contribution is -2.08. The standard InChI is InChI=1S/C24H21Cl2F3N4/c1-13(2)10-21-32-20-12-16(11-17-18(25)4-3-5-19(17)26)30-22(20)23(33-21)31-15-8-6-14(7-9-15)24(27,28)29/h3-9,13H,10-12H2,1-2H3,(H,31,32,33). The fourth-order valence-electron chi connectivity index (χ4n) is 3.61. The monoisotopic (exact) mass is 492 g/mol. The predicted octanol–water partition coefficient (Wildman–Crippen LogP) is 7.62. The van der Waals surface area contributed by atoms with E-state index in [0.29, 0.717) is 58.2 Å². The van der Waals surface area contributed by atoms with Gasteiger partial charge in [0.2, 0.25) is 0 Å². The molecule has 0 unspecified atom stereocenters. The van der Waals surface area contributed by atoms with Gasteiger partial charge in [-0.05, 0) is 47.9 Å². The third-order valence-corrected chi connectivity index (χ3v) is 5.86. The Morgan fingerprint density at radius 2 is 1.67 bits per heavy atom. The SMILES string of the molecule is CC(C)Cc1nc2c(c(Nc3ccc(C(F)(F)F)cc3)n1)N=C(Cc1c(Cl)cccc1Cl)C2. The molecule has 4 nitrogen and oxygen atoms in total. The molecule has 0 radical (unpaired) electrons. The van der Waals surface area contributed by atoms with Gasteiger partial charge in [-0.2, -0.15) is 13.2 Å². The van der Waals surface area contributed by atoms with Crippen LogP contribution >= 0.6 is 23.2 Å². The summed E-state index contributed by atoms with van der Waals surface area (Å²) in [6.45, 7) is 4.14. The second kappa shape index (κ2) is 9.31. The molecular weight excluding hydrogens is 472 g/mol. The van der Waals surface area contributed by atoms with E-state index in [1.165, 1.54) is 12.1 Å². The van der Waals surface area contributed by atoms with Gasteiger partial charge in [0, 0.05) is 40.7 Å². The molecule has 1 aliphatic rings. The van der Waals surface area contributed by atoms with Crippen LogP contribution in [0.4, 0.5) is 30.4 Å². The summed E-state index contributed by atoms with van der Waals surface area (Å²) in [4.78, 5) is 14.1. The van der Waals surface area contributed by atoms with Crippen LogP contribution in [-0.2, 0) is 25.4 Å². The molecule has 172 valence electrons. The minimum absolute atomic E-state index is 0.339. The van der Waals surface area contributed by atoms with Gasteiger partial charge in [0.1, 0.15) is 11.5 Å². The Morgan fingerprint density at radius 3 is 2.27 bits per heavy atom. The minimum atomic E-state index is -4.39. The zero-order valence-corrected chi connectivity index (χ0v) is 19.5. The van der Waals surface area contributed by atoms with Gasteiger partial charge in [-0.25, -0.2) is 9.97 Å². The zero-order chi connectivity index (χ0) is 23.8. The minimum Gasteiger partial charge on any atom is -0.338 e. The average molecular weight is 493 g/mol. The van der Waals surface area contributed by atoms with Crippen LogP contribution in [0.3, 0.4) is 0 Å². The maximum atomic E-state index is 12.9. The summed E-state index contributed by atoms with van der Waals surface area (Å²) in [6.07, 6.45) is -2.74. The van der Waals surface area contributed by atoms with Crippen LogP contribution in [-0.4, -0.2) is 15.7 Å². The first-order chi connectivity index (χ1) is 15.6. The van der Waals surface area contributed by atoms with Crippen molar-refractivity contribution in [2.24, 2.45) is 10.9 Å². The molecule has 0 saturated carbocycles. The van der Waals surface area contributed by atoms with Crippen LogP contribution in [0, 0.1) is 5.92 Å². The molecule has 1 aromatic heterocycles. The molecule has 1 aliphatic heterocycles. The van der Waals surface area contributed by atoms with E-state index in [2.05, 4.69) is 24.1 Å². The average Bonchev–Trinajstić information content (AvgIpc) is 3.13.